The normalized spacial score (nSPS) is 40.8. The fourth-order valence-corrected chi connectivity index (χ4v) is 7.44. The van der Waals surface area contributed by atoms with Gasteiger partial charge in [-0.05, 0) is 0 Å². The van der Waals surface area contributed by atoms with Crippen molar-refractivity contribution in [3.8, 4) is 0 Å². The van der Waals surface area contributed by atoms with E-state index in [4.69, 9.17) is 37.9 Å². The number of amides is 2. The van der Waals surface area contributed by atoms with Crippen LogP contribution in [-0.4, -0.2) is 228 Å². The Morgan fingerprint density at radius 1 is 0.578 bits per heavy atom. The average Bonchev–Trinajstić information content (AvgIpc) is 3.18. The maximum absolute atomic E-state index is 12.6. The average molecular weight is 973 g/mol. The molecule has 64 heavy (non-hydrogen) atoms. The van der Waals surface area contributed by atoms with Gasteiger partial charge in [-0.3, -0.25) is 18.0 Å². The first-order chi connectivity index (χ1) is 29.6. The highest BCUT2D eigenvalue weighted by Gasteiger charge is 2.56. The summed E-state index contributed by atoms with van der Waals surface area (Å²) in [5.41, 5.74) is 0. The Hall–Kier alpha value is -3.24. The van der Waals surface area contributed by atoms with E-state index in [-0.39, 0.29) is 6.61 Å². The molecule has 31 nitrogen and oxygen atoms in total. The molecule has 4 aliphatic rings. The Morgan fingerprint density at radius 2 is 0.984 bits per heavy atom. The van der Waals surface area contributed by atoms with Gasteiger partial charge in [0.1, 0.15) is 97.5 Å². The number of hydrogen-bond donors (Lipinski definition) is 9. The minimum absolute atomic E-state index is 0.338. The van der Waals surface area contributed by atoms with Gasteiger partial charge in [0, 0.05) is 13.8 Å². The number of aliphatic hydroxyl groups is 7. The number of carboxylic acids is 2. The first-order valence-electron chi connectivity index (χ1n) is 18.4. The molecule has 0 aromatic carbocycles. The molecule has 0 radical (unpaired) electrons. The largest absolute Gasteiger partial charge is 0.726 e. The molecule has 0 saturated carbocycles. The van der Waals surface area contributed by atoms with Crippen LogP contribution < -0.4 is 20.8 Å². The molecule has 2 amide bonds. The predicted octanol–water partition coefficient (Wildman–Crippen LogP) is -11.8. The predicted molar refractivity (Wildman–Crippen MR) is 184 cm³/mol. The minimum atomic E-state index is -5.59. The van der Waals surface area contributed by atoms with Crippen LogP contribution in [0.25, 0.3) is 0 Å². The standard InChI is InChI=1S/C31H48N2O29S2/c1-4-5-53-28-12(32-8(2)34)21(14(36)10(56-28)6-54-63(47,48)49)58-31-20(42)18(40)23(25(62-31)27(45)46)60-29-13(33-9(3)35)22(15(37)11(57-29)7-55-64(50,51)52)59-30-19(41)16(38)17(39)24(61-30)26(43)44/h4,10-25,28-31,36-42H,1,5-7H2,2-3H3,(H,32,34)(H,33,35)(H,43,44)(H,45,46)(H,47,48,49)(H,50,51,52)/p-4/t10?,11?,12-,13-,14+,15+,16+,17-,18-,19?,20-,21-,22-,23-,24?,25?,28?,29?,30-,31?/m1/s1. The summed E-state index contributed by atoms with van der Waals surface area (Å²) in [6, 6.07) is -3.72. The minimum Gasteiger partial charge on any atom is -0.726 e. The maximum Gasteiger partial charge on any atom is 0.217 e. The third-order valence-electron chi connectivity index (χ3n) is 9.67. The number of carboxylic acid groups (broad SMARTS) is 2. The zero-order valence-corrected chi connectivity index (χ0v) is 34.5. The molecule has 0 spiro atoms. The molecule has 4 heterocycles. The first kappa shape index (κ1) is 53.4. The van der Waals surface area contributed by atoms with Crippen molar-refractivity contribution >= 4 is 44.6 Å². The van der Waals surface area contributed by atoms with Gasteiger partial charge in [-0.2, -0.15) is 0 Å². The summed E-state index contributed by atoms with van der Waals surface area (Å²) in [5, 5.41) is 105. The lowest BCUT2D eigenvalue weighted by Crippen LogP contribution is -2.71. The molecule has 4 aliphatic heterocycles. The lowest BCUT2D eigenvalue weighted by Gasteiger charge is -2.50. The van der Waals surface area contributed by atoms with E-state index in [0.29, 0.717) is 0 Å². The molecule has 368 valence electrons. The smallest absolute Gasteiger partial charge is 0.217 e. The van der Waals surface area contributed by atoms with Crippen LogP contribution >= 0.6 is 0 Å². The molecular weight excluding hydrogens is 928 g/mol. The molecule has 0 aliphatic carbocycles. The monoisotopic (exact) mass is 972 g/mol. The Bertz CT molecular complexity index is 1880. The number of rotatable bonds is 19. The van der Waals surface area contributed by atoms with Gasteiger partial charge in [0.2, 0.25) is 32.6 Å². The summed E-state index contributed by atoms with van der Waals surface area (Å²) in [6.07, 6.45) is -40.0. The van der Waals surface area contributed by atoms with E-state index in [1.54, 1.807) is 0 Å². The number of aliphatic hydroxyl groups excluding tert-OH is 7. The van der Waals surface area contributed by atoms with Gasteiger partial charge in [-0.15, -0.1) is 6.58 Å². The summed E-state index contributed by atoms with van der Waals surface area (Å²) in [6.45, 7) is 2.30. The van der Waals surface area contributed by atoms with Crippen molar-refractivity contribution in [2.75, 3.05) is 19.8 Å². The second-order valence-corrected chi connectivity index (χ2v) is 16.4. The van der Waals surface area contributed by atoms with Crippen LogP contribution in [0.15, 0.2) is 12.7 Å². The summed E-state index contributed by atoms with van der Waals surface area (Å²) < 4.78 is 120. The summed E-state index contributed by atoms with van der Waals surface area (Å²) in [4.78, 5) is 48.9. The van der Waals surface area contributed by atoms with Crippen molar-refractivity contribution < 1.29 is 137 Å². The zero-order chi connectivity index (χ0) is 48.2. The Morgan fingerprint density at radius 3 is 1.41 bits per heavy atom. The van der Waals surface area contributed by atoms with Crippen molar-refractivity contribution in [2.45, 2.75) is 137 Å². The maximum atomic E-state index is 12.6. The number of carbonyl (C=O) groups excluding carboxylic acids is 4. The van der Waals surface area contributed by atoms with Crippen molar-refractivity contribution in [3.05, 3.63) is 12.7 Å². The quantitative estimate of drug-likeness (QED) is 0.0330. The van der Waals surface area contributed by atoms with Crippen LogP contribution in [0.5, 0.6) is 0 Å². The van der Waals surface area contributed by atoms with Gasteiger partial charge in [0.05, 0.1) is 31.8 Å². The van der Waals surface area contributed by atoms with E-state index < -0.39 is 180 Å². The molecule has 4 saturated heterocycles. The molecule has 0 aromatic heterocycles. The number of hydrogen-bond acceptors (Lipinski definition) is 29. The molecular formula is C31H44N2O29S2-4. The van der Waals surface area contributed by atoms with Crippen LogP contribution in [0.3, 0.4) is 0 Å². The number of nitrogens with one attached hydrogen (secondary N) is 2. The molecule has 20 atom stereocenters. The first-order valence-corrected chi connectivity index (χ1v) is 21.1. The molecule has 4 fully saturated rings. The number of aliphatic carboxylic acids is 2. The second-order valence-electron chi connectivity index (χ2n) is 14.3. The van der Waals surface area contributed by atoms with E-state index in [9.17, 15) is 91.1 Å². The van der Waals surface area contributed by atoms with Crippen LogP contribution in [0.4, 0.5) is 0 Å². The third-order valence-corrected chi connectivity index (χ3v) is 10.5. The molecule has 8 unspecified atom stereocenters. The highest BCUT2D eigenvalue weighted by atomic mass is 32.3. The molecule has 33 heteroatoms. The van der Waals surface area contributed by atoms with Crippen LogP contribution in [0.1, 0.15) is 13.8 Å². The van der Waals surface area contributed by atoms with Gasteiger partial charge >= 0.3 is 0 Å². The van der Waals surface area contributed by atoms with E-state index >= 15 is 0 Å². The summed E-state index contributed by atoms with van der Waals surface area (Å²) in [7, 11) is -11.0. The van der Waals surface area contributed by atoms with Crippen molar-refractivity contribution in [3.63, 3.8) is 0 Å². The summed E-state index contributed by atoms with van der Waals surface area (Å²) in [5.74, 6) is -6.31. The Kier molecular flexibility index (Phi) is 18.4. The number of ether oxygens (including phenoxy) is 8. The Balaban J connectivity index is 1.70. The van der Waals surface area contributed by atoms with Gasteiger partial charge < -0.3 is 113 Å². The topological polar surface area (TPSA) is 487 Å². The fraction of sp³-hybridized carbons (Fsp3) is 0.806. The van der Waals surface area contributed by atoms with E-state index in [1.165, 1.54) is 6.08 Å². The van der Waals surface area contributed by atoms with Crippen molar-refractivity contribution in [1.29, 1.82) is 0 Å². The van der Waals surface area contributed by atoms with Gasteiger partial charge in [-0.25, -0.2) is 16.8 Å². The van der Waals surface area contributed by atoms with E-state index in [0.717, 1.165) is 13.8 Å². The molecule has 4 rings (SSSR count). The molecule has 9 N–H and O–H groups in total. The molecule has 0 bridgehead atoms. The van der Waals surface area contributed by atoms with Crippen LogP contribution in [0.2, 0.25) is 0 Å². The SMILES string of the molecule is C=CCOC1OC(COS(=O)(=O)[O-])[C@H](O)[C@H](OC2OC(C(=O)[O-])[C@H](OC3OC(COS(=O)(=O)[O-])[C@H](O)[C@H](O[C@@H]4OC(C(=O)[O-])[C@H](O)[C@H](O)C4O)[C@H]3NC(C)=O)[C@H](O)[C@H]2O)[C@H]1NC(C)=O. The van der Waals surface area contributed by atoms with E-state index in [2.05, 4.69) is 25.6 Å². The van der Waals surface area contributed by atoms with Gasteiger partial charge in [0.15, 0.2) is 25.2 Å². The van der Waals surface area contributed by atoms with Gasteiger partial charge in [-0.1, -0.05) is 6.08 Å². The summed E-state index contributed by atoms with van der Waals surface area (Å²) >= 11 is 0. The molecule has 0 aromatic rings. The number of carbonyl (C=O) groups is 4. The van der Waals surface area contributed by atoms with Crippen molar-refractivity contribution in [1.82, 2.24) is 10.6 Å². The fourth-order valence-electron chi connectivity index (χ4n) is 6.84. The lowest BCUT2D eigenvalue weighted by molar-refractivity contribution is -0.386. The van der Waals surface area contributed by atoms with Gasteiger partial charge in [0.25, 0.3) is 0 Å². The zero-order valence-electron chi connectivity index (χ0n) is 32.9. The lowest BCUT2D eigenvalue weighted by atomic mass is 9.94. The highest BCUT2D eigenvalue weighted by molar-refractivity contribution is 7.81. The third kappa shape index (κ3) is 13.4. The van der Waals surface area contributed by atoms with Crippen molar-refractivity contribution in [2.24, 2.45) is 0 Å². The second kappa shape index (κ2) is 22.0. The van der Waals surface area contributed by atoms with Crippen LogP contribution in [-0.2, 0) is 86.2 Å². The highest BCUT2D eigenvalue weighted by Crippen LogP contribution is 2.35. The van der Waals surface area contributed by atoms with E-state index in [1.807, 2.05) is 0 Å². The Labute approximate surface area is 361 Å². The van der Waals surface area contributed by atoms with Crippen LogP contribution in [0, 0.1) is 0 Å².